The predicted molar refractivity (Wildman–Crippen MR) is 96.4 cm³/mol. The van der Waals surface area contributed by atoms with Gasteiger partial charge in [0.05, 0.1) is 23.0 Å². The van der Waals surface area contributed by atoms with Crippen molar-refractivity contribution in [3.05, 3.63) is 42.0 Å². The quantitative estimate of drug-likeness (QED) is 0.774. The molecule has 1 saturated carbocycles. The normalized spacial score (nSPS) is 37.9. The number of rotatable bonds is 5. The SMILES string of the molecule is CCC1(CC)C(F)(F)[C@@]12[C@H]1C=C[C@](CO)(O1)[C@H]2S(=O)(=O)c1ccc(C)cc1. The zero-order valence-corrected chi connectivity index (χ0v) is 16.4. The first-order valence-electron chi connectivity index (χ1n) is 9.27. The third-order valence-electron chi connectivity index (χ3n) is 7.17. The van der Waals surface area contributed by atoms with Gasteiger partial charge in [0.15, 0.2) is 9.84 Å². The van der Waals surface area contributed by atoms with Gasteiger partial charge in [0.2, 0.25) is 0 Å². The molecular formula is C20H24F2O4S. The van der Waals surface area contributed by atoms with E-state index in [9.17, 15) is 13.5 Å². The second kappa shape index (κ2) is 5.39. The average Bonchev–Trinajstić information content (AvgIpc) is 2.99. The average molecular weight is 398 g/mol. The number of alkyl halides is 2. The van der Waals surface area contributed by atoms with Gasteiger partial charge < -0.3 is 9.84 Å². The van der Waals surface area contributed by atoms with Crippen LogP contribution in [0.15, 0.2) is 41.3 Å². The van der Waals surface area contributed by atoms with Crippen LogP contribution in [0.4, 0.5) is 8.78 Å². The minimum atomic E-state index is -4.18. The highest BCUT2D eigenvalue weighted by atomic mass is 32.2. The Morgan fingerprint density at radius 3 is 2.22 bits per heavy atom. The molecule has 0 radical (unpaired) electrons. The fourth-order valence-electron chi connectivity index (χ4n) is 5.84. The molecule has 1 spiro atoms. The minimum absolute atomic E-state index is 0.0151. The lowest BCUT2D eigenvalue weighted by molar-refractivity contribution is -0.0174. The predicted octanol–water partition coefficient (Wildman–Crippen LogP) is 3.28. The molecule has 4 atom stereocenters. The molecule has 1 N–H and O–H groups in total. The van der Waals surface area contributed by atoms with Crippen LogP contribution in [0.1, 0.15) is 32.3 Å². The summed E-state index contributed by atoms with van der Waals surface area (Å²) in [6.45, 7) is 4.51. The van der Waals surface area contributed by atoms with Crippen molar-refractivity contribution in [1.82, 2.24) is 0 Å². The molecule has 0 aromatic heterocycles. The van der Waals surface area contributed by atoms with Gasteiger partial charge in [-0.15, -0.1) is 0 Å². The Bertz CT molecular complexity index is 904. The van der Waals surface area contributed by atoms with E-state index in [1.807, 2.05) is 6.92 Å². The van der Waals surface area contributed by atoms with Crippen LogP contribution < -0.4 is 0 Å². The molecule has 1 aromatic carbocycles. The molecule has 7 heteroatoms. The third kappa shape index (κ3) is 1.81. The summed E-state index contributed by atoms with van der Waals surface area (Å²) in [5, 5.41) is 8.50. The standard InChI is InChI=1S/C20H24F2O4S/c1-4-18(5-2)19(20(18,21)22)15-10-11-17(12-23,26-15)16(19)27(24,25)14-8-6-13(3)7-9-14/h6-11,15-16,23H,4-5,12H2,1-3H3/t15-,16-,17-,19-/m1/s1. The molecule has 1 aromatic rings. The van der Waals surface area contributed by atoms with Gasteiger partial charge in [-0.3, -0.25) is 0 Å². The zero-order chi connectivity index (χ0) is 19.9. The Morgan fingerprint density at radius 2 is 1.74 bits per heavy atom. The number of ether oxygens (including phenoxy) is 1. The summed E-state index contributed by atoms with van der Waals surface area (Å²) in [7, 11) is -4.18. The molecule has 0 amide bonds. The van der Waals surface area contributed by atoms with Crippen LogP contribution in [0.5, 0.6) is 0 Å². The number of hydrogen-bond donors (Lipinski definition) is 1. The van der Waals surface area contributed by atoms with E-state index in [4.69, 9.17) is 4.74 Å². The van der Waals surface area contributed by atoms with Crippen molar-refractivity contribution in [2.75, 3.05) is 6.61 Å². The summed E-state index contributed by atoms with van der Waals surface area (Å²) < 4.78 is 64.0. The molecule has 3 aliphatic rings. The van der Waals surface area contributed by atoms with Crippen molar-refractivity contribution < 1.29 is 27.0 Å². The number of aryl methyl sites for hydroxylation is 1. The van der Waals surface area contributed by atoms with E-state index in [1.54, 1.807) is 26.0 Å². The molecule has 2 heterocycles. The summed E-state index contributed by atoms with van der Waals surface area (Å²) in [5.74, 6) is -3.20. The van der Waals surface area contributed by atoms with Gasteiger partial charge in [-0.05, 0) is 31.9 Å². The largest absolute Gasteiger partial charge is 0.393 e. The minimum Gasteiger partial charge on any atom is -0.393 e. The van der Waals surface area contributed by atoms with Crippen LogP contribution in [0.3, 0.4) is 0 Å². The summed E-state index contributed by atoms with van der Waals surface area (Å²) in [4.78, 5) is -0.0151. The molecule has 148 valence electrons. The van der Waals surface area contributed by atoms with Gasteiger partial charge in [-0.2, -0.15) is 0 Å². The number of sulfone groups is 1. The van der Waals surface area contributed by atoms with Crippen molar-refractivity contribution in [1.29, 1.82) is 0 Å². The Balaban J connectivity index is 1.97. The summed E-state index contributed by atoms with van der Waals surface area (Å²) in [6.07, 6.45) is 2.24. The molecule has 1 aliphatic carbocycles. The molecule has 4 nitrogen and oxygen atoms in total. The van der Waals surface area contributed by atoms with Crippen LogP contribution in [0.25, 0.3) is 0 Å². The third-order valence-corrected chi connectivity index (χ3v) is 9.49. The van der Waals surface area contributed by atoms with E-state index in [-0.39, 0.29) is 17.7 Å². The first-order valence-corrected chi connectivity index (χ1v) is 10.8. The summed E-state index contributed by atoms with van der Waals surface area (Å²) in [5.41, 5.74) is -4.08. The number of hydrogen-bond acceptors (Lipinski definition) is 4. The van der Waals surface area contributed by atoms with Gasteiger partial charge in [-0.25, -0.2) is 17.2 Å². The Labute approximate surface area is 158 Å². The lowest BCUT2D eigenvalue weighted by Gasteiger charge is -2.34. The van der Waals surface area contributed by atoms with E-state index in [0.717, 1.165) is 5.56 Å². The number of aliphatic hydroxyl groups is 1. The molecule has 2 aliphatic heterocycles. The lowest BCUT2D eigenvalue weighted by Crippen LogP contribution is -2.52. The number of benzene rings is 1. The molecular weight excluding hydrogens is 374 g/mol. The Kier molecular flexibility index (Phi) is 3.80. The first kappa shape index (κ1) is 19.0. The second-order valence-electron chi connectivity index (χ2n) is 7.98. The monoisotopic (exact) mass is 398 g/mol. The highest BCUT2D eigenvalue weighted by Crippen LogP contribution is 2.86. The molecule has 1 saturated heterocycles. The lowest BCUT2D eigenvalue weighted by atomic mass is 9.76. The van der Waals surface area contributed by atoms with Crippen LogP contribution in [0.2, 0.25) is 0 Å². The van der Waals surface area contributed by atoms with Crippen LogP contribution in [0, 0.1) is 17.8 Å². The van der Waals surface area contributed by atoms with Gasteiger partial charge in [0.1, 0.15) is 10.9 Å². The highest BCUT2D eigenvalue weighted by Gasteiger charge is 2.99. The number of fused-ring (bicyclic) bond motifs is 3. The van der Waals surface area contributed by atoms with Crippen molar-refractivity contribution in [3.8, 4) is 0 Å². The van der Waals surface area contributed by atoms with Gasteiger partial charge in [0.25, 0.3) is 5.92 Å². The number of aliphatic hydroxyl groups excluding tert-OH is 1. The fourth-order valence-corrected chi connectivity index (χ4v) is 8.36. The topological polar surface area (TPSA) is 63.6 Å². The van der Waals surface area contributed by atoms with E-state index >= 15 is 8.78 Å². The molecule has 27 heavy (non-hydrogen) atoms. The van der Waals surface area contributed by atoms with E-state index < -0.39 is 50.2 Å². The van der Waals surface area contributed by atoms with Gasteiger partial charge in [-0.1, -0.05) is 43.7 Å². The van der Waals surface area contributed by atoms with Crippen molar-refractivity contribution in [2.24, 2.45) is 10.8 Å². The van der Waals surface area contributed by atoms with E-state index in [0.29, 0.717) is 0 Å². The first-order chi connectivity index (χ1) is 12.6. The van der Waals surface area contributed by atoms with Crippen molar-refractivity contribution in [3.63, 3.8) is 0 Å². The van der Waals surface area contributed by atoms with Gasteiger partial charge in [0, 0.05) is 5.41 Å². The van der Waals surface area contributed by atoms with Crippen LogP contribution >= 0.6 is 0 Å². The summed E-state index contributed by atoms with van der Waals surface area (Å²) >= 11 is 0. The maximum atomic E-state index is 15.5. The van der Waals surface area contributed by atoms with Crippen LogP contribution in [-0.2, 0) is 14.6 Å². The maximum absolute atomic E-state index is 15.5. The molecule has 0 unspecified atom stereocenters. The van der Waals surface area contributed by atoms with Crippen molar-refractivity contribution >= 4 is 9.84 Å². The van der Waals surface area contributed by atoms with Crippen LogP contribution in [-0.4, -0.2) is 43.0 Å². The molecule has 4 rings (SSSR count). The Hall–Kier alpha value is -1.31. The highest BCUT2D eigenvalue weighted by molar-refractivity contribution is 7.92. The fraction of sp³-hybridized carbons (Fsp3) is 0.600. The second-order valence-corrected chi connectivity index (χ2v) is 10.0. The summed E-state index contributed by atoms with van der Waals surface area (Å²) in [6, 6.07) is 6.18. The maximum Gasteiger partial charge on any atom is 0.264 e. The number of halogens is 2. The smallest absolute Gasteiger partial charge is 0.264 e. The van der Waals surface area contributed by atoms with E-state index in [1.165, 1.54) is 24.3 Å². The Morgan fingerprint density at radius 1 is 1.15 bits per heavy atom. The van der Waals surface area contributed by atoms with E-state index in [2.05, 4.69) is 0 Å². The van der Waals surface area contributed by atoms with Crippen molar-refractivity contribution in [2.45, 2.75) is 61.4 Å². The zero-order valence-electron chi connectivity index (χ0n) is 15.6. The molecule has 2 fully saturated rings. The molecule has 2 bridgehead atoms. The van der Waals surface area contributed by atoms with Gasteiger partial charge >= 0.3 is 0 Å².